The molecule has 0 radical (unpaired) electrons. The van der Waals surface area contributed by atoms with Gasteiger partial charge in [0.15, 0.2) is 0 Å². The van der Waals surface area contributed by atoms with Gasteiger partial charge in [0.2, 0.25) is 0 Å². The summed E-state index contributed by atoms with van der Waals surface area (Å²) in [5.74, 6) is -1.50. The Kier molecular flexibility index (Phi) is 3.64. The largest absolute Gasteiger partial charge is 0.465 e. The van der Waals surface area contributed by atoms with Crippen LogP contribution in [0.15, 0.2) is 11.0 Å². The second-order valence-electron chi connectivity index (χ2n) is 2.37. The monoisotopic (exact) mass is 254 g/mol. The number of ether oxygens (including phenoxy) is 1. The summed E-state index contributed by atoms with van der Waals surface area (Å²) in [5.41, 5.74) is -0.0962. The predicted octanol–water partition coefficient (Wildman–Crippen LogP) is 3.21. The zero-order chi connectivity index (χ0) is 10.9. The van der Waals surface area contributed by atoms with Gasteiger partial charge in [0, 0.05) is 4.90 Å². The van der Waals surface area contributed by atoms with Crippen LogP contribution >= 0.6 is 35.8 Å². The van der Waals surface area contributed by atoms with Gasteiger partial charge in [-0.05, 0) is 6.07 Å². The second kappa shape index (κ2) is 4.38. The molecule has 1 aromatic carbocycles. The lowest BCUT2D eigenvalue weighted by atomic mass is 10.2. The van der Waals surface area contributed by atoms with Crippen LogP contribution in [0.2, 0.25) is 10.0 Å². The number of thiol groups is 1. The molecule has 0 aliphatic carbocycles. The third-order valence-electron chi connectivity index (χ3n) is 1.54. The van der Waals surface area contributed by atoms with Crippen molar-refractivity contribution in [2.75, 3.05) is 7.11 Å². The molecule has 0 saturated heterocycles. The highest BCUT2D eigenvalue weighted by atomic mass is 35.5. The van der Waals surface area contributed by atoms with E-state index >= 15 is 0 Å². The van der Waals surface area contributed by atoms with Crippen LogP contribution in [0.4, 0.5) is 4.39 Å². The van der Waals surface area contributed by atoms with Gasteiger partial charge in [0.1, 0.15) is 5.82 Å². The number of rotatable bonds is 1. The molecule has 76 valence electrons. The highest BCUT2D eigenvalue weighted by Gasteiger charge is 2.18. The van der Waals surface area contributed by atoms with E-state index in [0.717, 1.165) is 6.07 Å². The molecule has 0 atom stereocenters. The molecule has 0 aromatic heterocycles. The first kappa shape index (κ1) is 11.6. The van der Waals surface area contributed by atoms with E-state index < -0.39 is 11.8 Å². The molecule has 0 N–H and O–H groups in total. The van der Waals surface area contributed by atoms with Crippen LogP contribution in [0.25, 0.3) is 0 Å². The summed E-state index contributed by atoms with van der Waals surface area (Å²) in [6.45, 7) is 0. The average Bonchev–Trinajstić information content (AvgIpc) is 2.19. The summed E-state index contributed by atoms with van der Waals surface area (Å²) in [4.78, 5) is 11.1. The van der Waals surface area contributed by atoms with Crippen LogP contribution in [0.3, 0.4) is 0 Å². The molecular formula is C8H5Cl2FO2S. The number of carbonyl (C=O) groups excluding carboxylic acids is 1. The van der Waals surface area contributed by atoms with E-state index in [2.05, 4.69) is 17.4 Å². The van der Waals surface area contributed by atoms with E-state index in [9.17, 15) is 9.18 Å². The van der Waals surface area contributed by atoms with E-state index in [-0.39, 0.29) is 20.5 Å². The van der Waals surface area contributed by atoms with E-state index in [1.807, 2.05) is 0 Å². The molecule has 0 bridgehead atoms. The summed E-state index contributed by atoms with van der Waals surface area (Å²) in [6, 6.07) is 0.913. The van der Waals surface area contributed by atoms with Crippen LogP contribution in [0, 0.1) is 5.82 Å². The fourth-order valence-corrected chi connectivity index (χ4v) is 1.50. The summed E-state index contributed by atoms with van der Waals surface area (Å²) in [6.07, 6.45) is 0. The molecule has 0 saturated carbocycles. The Labute approximate surface area is 95.4 Å². The van der Waals surface area contributed by atoms with Crippen molar-refractivity contribution in [1.82, 2.24) is 0 Å². The minimum Gasteiger partial charge on any atom is -0.465 e. The first-order valence-corrected chi connectivity index (χ1v) is 4.64. The number of carbonyl (C=O) groups is 1. The van der Waals surface area contributed by atoms with Crippen molar-refractivity contribution in [3.8, 4) is 0 Å². The van der Waals surface area contributed by atoms with Gasteiger partial charge in [0.25, 0.3) is 0 Å². The van der Waals surface area contributed by atoms with E-state index in [4.69, 9.17) is 23.2 Å². The zero-order valence-electron chi connectivity index (χ0n) is 6.97. The van der Waals surface area contributed by atoms with E-state index in [1.54, 1.807) is 0 Å². The van der Waals surface area contributed by atoms with Gasteiger partial charge in [-0.2, -0.15) is 0 Å². The molecule has 0 aliphatic rings. The van der Waals surface area contributed by atoms with Gasteiger partial charge in [-0.3, -0.25) is 0 Å². The smallest absolute Gasteiger partial charge is 0.339 e. The van der Waals surface area contributed by atoms with Crippen LogP contribution in [-0.4, -0.2) is 13.1 Å². The third-order valence-corrected chi connectivity index (χ3v) is 3.01. The zero-order valence-corrected chi connectivity index (χ0v) is 9.38. The topological polar surface area (TPSA) is 26.3 Å². The Morgan fingerprint density at radius 2 is 2.07 bits per heavy atom. The molecule has 0 unspecified atom stereocenters. The van der Waals surface area contributed by atoms with Crippen molar-refractivity contribution >= 4 is 41.8 Å². The van der Waals surface area contributed by atoms with Gasteiger partial charge in [-0.25, -0.2) is 9.18 Å². The molecule has 2 nitrogen and oxygen atoms in total. The maximum absolute atomic E-state index is 13.1. The maximum Gasteiger partial charge on any atom is 0.339 e. The van der Waals surface area contributed by atoms with Crippen molar-refractivity contribution in [3.63, 3.8) is 0 Å². The predicted molar refractivity (Wildman–Crippen MR) is 55.0 cm³/mol. The second-order valence-corrected chi connectivity index (χ2v) is 3.58. The van der Waals surface area contributed by atoms with Gasteiger partial charge >= 0.3 is 5.97 Å². The van der Waals surface area contributed by atoms with Crippen LogP contribution in [0.1, 0.15) is 10.4 Å². The van der Waals surface area contributed by atoms with Gasteiger partial charge < -0.3 is 4.74 Å². The van der Waals surface area contributed by atoms with Gasteiger partial charge in [-0.1, -0.05) is 23.2 Å². The average molecular weight is 255 g/mol. The van der Waals surface area contributed by atoms with E-state index in [1.165, 1.54) is 7.11 Å². The number of methoxy groups -OCH3 is 1. The third kappa shape index (κ3) is 1.97. The Hall–Kier alpha value is -0.450. The Morgan fingerprint density at radius 3 is 2.57 bits per heavy atom. The molecule has 1 aromatic rings. The van der Waals surface area contributed by atoms with Crippen LogP contribution < -0.4 is 0 Å². The Morgan fingerprint density at radius 1 is 1.50 bits per heavy atom. The number of benzene rings is 1. The maximum atomic E-state index is 13.1. The van der Waals surface area contributed by atoms with Crippen molar-refractivity contribution < 1.29 is 13.9 Å². The molecule has 0 heterocycles. The first-order valence-electron chi connectivity index (χ1n) is 3.43. The molecule has 1 rings (SSSR count). The molecule has 0 aliphatic heterocycles. The lowest BCUT2D eigenvalue weighted by Crippen LogP contribution is -2.03. The highest BCUT2D eigenvalue weighted by Crippen LogP contribution is 2.33. The highest BCUT2D eigenvalue weighted by molar-refractivity contribution is 7.80. The summed E-state index contributed by atoms with van der Waals surface area (Å²) < 4.78 is 17.5. The SMILES string of the molecule is COC(=O)c1cc(F)c(Cl)c(S)c1Cl. The van der Waals surface area contributed by atoms with E-state index in [0.29, 0.717) is 0 Å². The molecule has 14 heavy (non-hydrogen) atoms. The lowest BCUT2D eigenvalue weighted by Gasteiger charge is -2.06. The number of hydrogen-bond acceptors (Lipinski definition) is 3. The Balaban J connectivity index is 3.40. The Bertz CT molecular complexity index is 395. The normalized spacial score (nSPS) is 10.1. The first-order chi connectivity index (χ1) is 6.49. The number of esters is 1. The number of hydrogen-bond donors (Lipinski definition) is 1. The minimum atomic E-state index is -0.763. The molecule has 0 amide bonds. The lowest BCUT2D eigenvalue weighted by molar-refractivity contribution is 0.0600. The summed E-state index contributed by atoms with van der Waals surface area (Å²) in [7, 11) is 1.17. The van der Waals surface area contributed by atoms with Crippen molar-refractivity contribution in [3.05, 3.63) is 27.5 Å². The van der Waals surface area contributed by atoms with Crippen molar-refractivity contribution in [2.24, 2.45) is 0 Å². The van der Waals surface area contributed by atoms with Crippen LogP contribution in [0.5, 0.6) is 0 Å². The van der Waals surface area contributed by atoms with Crippen molar-refractivity contribution in [1.29, 1.82) is 0 Å². The summed E-state index contributed by atoms with van der Waals surface area (Å²) >= 11 is 15.1. The fraction of sp³-hybridized carbons (Fsp3) is 0.125. The standard InChI is InChI=1S/C8H5Cl2FO2S/c1-13-8(12)3-2-4(11)6(10)7(14)5(3)9/h2,14H,1H3. The summed E-state index contributed by atoms with van der Waals surface area (Å²) in [5, 5.41) is -0.238. The molecule has 6 heteroatoms. The number of halogens is 3. The molecular weight excluding hydrogens is 250 g/mol. The molecule has 0 spiro atoms. The van der Waals surface area contributed by atoms with Gasteiger partial charge in [-0.15, -0.1) is 12.6 Å². The minimum absolute atomic E-state index is 0.0217. The molecule has 0 fully saturated rings. The van der Waals surface area contributed by atoms with Crippen LogP contribution in [-0.2, 0) is 4.74 Å². The quantitative estimate of drug-likeness (QED) is 0.473. The van der Waals surface area contributed by atoms with Gasteiger partial charge in [0.05, 0.1) is 22.7 Å². The van der Waals surface area contributed by atoms with Crippen molar-refractivity contribution in [2.45, 2.75) is 4.90 Å². The fourth-order valence-electron chi connectivity index (χ4n) is 0.849.